The van der Waals surface area contributed by atoms with E-state index >= 15 is 0 Å². The molecule has 0 aliphatic carbocycles. The molecule has 0 radical (unpaired) electrons. The van der Waals surface area contributed by atoms with Crippen LogP contribution in [0.15, 0.2) is 23.2 Å². The number of nitrogens with two attached hydrogens (primary N) is 1. The third-order valence-corrected chi connectivity index (χ3v) is 4.25. The SMILES string of the molecule is CC(C)(CF)n1cc(C(=O)Cc2cc(Br)n[nH]2)c2c(N)ncnc21. The number of alkyl halides is 1. The van der Waals surface area contributed by atoms with Gasteiger partial charge in [0.2, 0.25) is 0 Å². The highest BCUT2D eigenvalue weighted by Crippen LogP contribution is 2.30. The van der Waals surface area contributed by atoms with Gasteiger partial charge in [-0.2, -0.15) is 5.10 Å². The summed E-state index contributed by atoms with van der Waals surface area (Å²) in [6.45, 7) is 2.85. The summed E-state index contributed by atoms with van der Waals surface area (Å²) >= 11 is 3.23. The minimum absolute atomic E-state index is 0.113. The van der Waals surface area contributed by atoms with Gasteiger partial charge in [0.1, 0.15) is 29.1 Å². The number of carbonyl (C=O) groups excluding carboxylic acids is 1. The Morgan fingerprint density at radius 3 is 2.83 bits per heavy atom. The van der Waals surface area contributed by atoms with Crippen LogP contribution in [0, 0.1) is 0 Å². The van der Waals surface area contributed by atoms with Gasteiger partial charge in [0.15, 0.2) is 5.78 Å². The van der Waals surface area contributed by atoms with Gasteiger partial charge in [-0.05, 0) is 35.8 Å². The molecule has 0 aliphatic heterocycles. The predicted molar refractivity (Wildman–Crippen MR) is 91.6 cm³/mol. The zero-order chi connectivity index (χ0) is 17.5. The summed E-state index contributed by atoms with van der Waals surface area (Å²) in [6, 6.07) is 1.72. The van der Waals surface area contributed by atoms with E-state index in [4.69, 9.17) is 5.73 Å². The van der Waals surface area contributed by atoms with Crippen LogP contribution in [0.3, 0.4) is 0 Å². The number of Topliss-reactive ketones (excluding diaryl/α,β-unsaturated/α-hetero) is 1. The number of H-pyrrole nitrogens is 1. The Kier molecular flexibility index (Phi) is 4.12. The van der Waals surface area contributed by atoms with E-state index in [1.165, 1.54) is 6.33 Å². The number of halogens is 2. The molecule has 3 N–H and O–H groups in total. The third-order valence-electron chi connectivity index (χ3n) is 3.84. The van der Waals surface area contributed by atoms with Crippen LogP contribution in [-0.4, -0.2) is 37.2 Å². The molecule has 126 valence electrons. The highest BCUT2D eigenvalue weighted by atomic mass is 79.9. The van der Waals surface area contributed by atoms with Crippen molar-refractivity contribution >= 4 is 38.6 Å². The van der Waals surface area contributed by atoms with Gasteiger partial charge in [0.05, 0.1) is 17.3 Å². The number of hydrogen-bond acceptors (Lipinski definition) is 5. The zero-order valence-electron chi connectivity index (χ0n) is 13.2. The summed E-state index contributed by atoms with van der Waals surface area (Å²) in [7, 11) is 0. The van der Waals surface area contributed by atoms with Crippen LogP contribution in [0.2, 0.25) is 0 Å². The molecule has 7 nitrogen and oxygen atoms in total. The first-order chi connectivity index (χ1) is 11.3. The molecule has 0 saturated heterocycles. The molecule has 3 heterocycles. The molecule has 0 fully saturated rings. The maximum atomic E-state index is 13.4. The van der Waals surface area contributed by atoms with Crippen molar-refractivity contribution in [2.24, 2.45) is 0 Å². The average molecular weight is 395 g/mol. The molecule has 0 atom stereocenters. The molecule has 0 aliphatic rings. The van der Waals surface area contributed by atoms with Crippen LogP contribution in [0.5, 0.6) is 0 Å². The Morgan fingerprint density at radius 1 is 1.46 bits per heavy atom. The highest BCUT2D eigenvalue weighted by Gasteiger charge is 2.27. The zero-order valence-corrected chi connectivity index (χ0v) is 14.8. The van der Waals surface area contributed by atoms with Crippen LogP contribution >= 0.6 is 15.9 Å². The molecular weight excluding hydrogens is 379 g/mol. The number of aromatic nitrogens is 5. The van der Waals surface area contributed by atoms with E-state index in [1.807, 2.05) is 0 Å². The highest BCUT2D eigenvalue weighted by molar-refractivity contribution is 9.10. The number of nitrogens with one attached hydrogen (secondary N) is 1. The second kappa shape index (κ2) is 5.97. The van der Waals surface area contributed by atoms with Gasteiger partial charge in [-0.15, -0.1) is 0 Å². The second-order valence-corrected chi connectivity index (χ2v) is 6.94. The normalized spacial score (nSPS) is 12.0. The van der Waals surface area contributed by atoms with Gasteiger partial charge in [0.25, 0.3) is 0 Å². The lowest BCUT2D eigenvalue weighted by atomic mass is 10.1. The topological polar surface area (TPSA) is 102 Å². The minimum atomic E-state index is -0.853. The number of nitrogen functional groups attached to an aromatic ring is 1. The molecule has 9 heteroatoms. The van der Waals surface area contributed by atoms with Crippen LogP contribution in [0.4, 0.5) is 10.2 Å². The smallest absolute Gasteiger partial charge is 0.171 e. The fourth-order valence-corrected chi connectivity index (χ4v) is 2.88. The summed E-state index contributed by atoms with van der Waals surface area (Å²) < 4.78 is 15.7. The Balaban J connectivity index is 2.12. The molecule has 24 heavy (non-hydrogen) atoms. The summed E-state index contributed by atoms with van der Waals surface area (Å²) in [6.07, 6.45) is 3.02. The van der Waals surface area contributed by atoms with Gasteiger partial charge < -0.3 is 10.3 Å². The van der Waals surface area contributed by atoms with Crippen LogP contribution in [0.1, 0.15) is 29.9 Å². The minimum Gasteiger partial charge on any atom is -0.383 e. The molecule has 3 aromatic rings. The summed E-state index contributed by atoms with van der Waals surface area (Å²) in [5, 5.41) is 7.15. The molecule has 0 aromatic carbocycles. The number of aromatic amines is 1. The summed E-state index contributed by atoms with van der Waals surface area (Å²) in [5.74, 6) is 0.0219. The molecule has 0 unspecified atom stereocenters. The number of hydrogen-bond donors (Lipinski definition) is 2. The van der Waals surface area contributed by atoms with Crippen molar-refractivity contribution in [1.29, 1.82) is 0 Å². The molecule has 0 bridgehead atoms. The van der Waals surface area contributed by atoms with Crippen molar-refractivity contribution in [1.82, 2.24) is 24.7 Å². The number of nitrogens with zero attached hydrogens (tertiary/aromatic N) is 4. The first-order valence-electron chi connectivity index (χ1n) is 7.24. The Bertz CT molecular complexity index is 916. The van der Waals surface area contributed by atoms with E-state index in [2.05, 4.69) is 36.1 Å². The average Bonchev–Trinajstić information content (AvgIpc) is 3.12. The lowest BCUT2D eigenvalue weighted by molar-refractivity contribution is 0.0993. The van der Waals surface area contributed by atoms with Crippen molar-refractivity contribution < 1.29 is 9.18 Å². The molecule has 0 spiro atoms. The van der Waals surface area contributed by atoms with E-state index < -0.39 is 12.2 Å². The number of carbonyl (C=O) groups is 1. The molecule has 3 rings (SSSR count). The lowest BCUT2D eigenvalue weighted by Gasteiger charge is -2.23. The quantitative estimate of drug-likeness (QED) is 0.647. The lowest BCUT2D eigenvalue weighted by Crippen LogP contribution is -2.28. The van der Waals surface area contributed by atoms with E-state index in [-0.39, 0.29) is 18.0 Å². The van der Waals surface area contributed by atoms with E-state index in [0.29, 0.717) is 26.9 Å². The molecule has 0 amide bonds. The first kappa shape index (κ1) is 16.6. The van der Waals surface area contributed by atoms with Gasteiger partial charge in [-0.3, -0.25) is 9.89 Å². The predicted octanol–water partition coefficient (Wildman–Crippen LogP) is 2.63. The number of rotatable bonds is 5. The largest absolute Gasteiger partial charge is 0.383 e. The Labute approximate surface area is 145 Å². The van der Waals surface area contributed by atoms with Gasteiger partial charge in [-0.25, -0.2) is 14.4 Å². The van der Waals surface area contributed by atoms with Crippen molar-refractivity contribution in [2.75, 3.05) is 12.4 Å². The molecule has 3 aromatic heterocycles. The van der Waals surface area contributed by atoms with Gasteiger partial charge in [-0.1, -0.05) is 0 Å². The monoisotopic (exact) mass is 394 g/mol. The van der Waals surface area contributed by atoms with Gasteiger partial charge in [0, 0.05) is 17.5 Å². The first-order valence-corrected chi connectivity index (χ1v) is 8.03. The third kappa shape index (κ3) is 2.79. The fraction of sp³-hybridized carbons (Fsp3) is 0.333. The van der Waals surface area contributed by atoms with Crippen LogP contribution in [-0.2, 0) is 12.0 Å². The number of fused-ring (bicyclic) bond motifs is 1. The van der Waals surface area contributed by atoms with E-state index in [1.54, 1.807) is 30.7 Å². The summed E-state index contributed by atoms with van der Waals surface area (Å²) in [4.78, 5) is 20.9. The Morgan fingerprint density at radius 2 is 2.21 bits per heavy atom. The summed E-state index contributed by atoms with van der Waals surface area (Å²) in [5.41, 5.74) is 6.57. The second-order valence-electron chi connectivity index (χ2n) is 6.13. The number of anilines is 1. The maximum Gasteiger partial charge on any atom is 0.171 e. The van der Waals surface area contributed by atoms with Crippen molar-refractivity contribution in [3.05, 3.63) is 34.5 Å². The van der Waals surface area contributed by atoms with E-state index in [9.17, 15) is 9.18 Å². The van der Waals surface area contributed by atoms with Crippen molar-refractivity contribution in [3.8, 4) is 0 Å². The fourth-order valence-electron chi connectivity index (χ4n) is 2.51. The molecular formula is C15H16BrFN6O. The standard InChI is InChI=1S/C15H16BrFN6O/c1-15(2,6-17)23-5-9(12-13(18)19-7-20-14(12)23)10(24)3-8-4-11(16)22-21-8/h4-5,7H,3,6H2,1-2H3,(H,21,22)(H2,18,19,20). The van der Waals surface area contributed by atoms with E-state index in [0.717, 1.165) is 0 Å². The molecule has 0 saturated carbocycles. The Hall–Kier alpha value is -2.29. The maximum absolute atomic E-state index is 13.4. The van der Waals surface area contributed by atoms with Crippen molar-refractivity contribution in [3.63, 3.8) is 0 Å². The van der Waals surface area contributed by atoms with Crippen LogP contribution < -0.4 is 5.73 Å². The van der Waals surface area contributed by atoms with Crippen LogP contribution in [0.25, 0.3) is 11.0 Å². The van der Waals surface area contributed by atoms with Gasteiger partial charge >= 0.3 is 0 Å². The number of ketones is 1. The van der Waals surface area contributed by atoms with Crippen molar-refractivity contribution in [2.45, 2.75) is 25.8 Å².